The second kappa shape index (κ2) is 7.88. The van der Waals surface area contributed by atoms with E-state index in [-0.39, 0.29) is 64.8 Å². The number of aromatic hydroxyl groups is 4. The molecule has 26 heavy (non-hydrogen) atoms. The first-order valence-corrected chi connectivity index (χ1v) is 8.03. The monoisotopic (exact) mass is 359 g/mol. The number of rotatable bonds is 7. The number of hydrogen-bond acceptors (Lipinski definition) is 7. The van der Waals surface area contributed by atoms with Crippen molar-refractivity contribution in [1.82, 2.24) is 4.90 Å². The van der Waals surface area contributed by atoms with E-state index in [1.54, 1.807) is 4.90 Å². The highest BCUT2D eigenvalue weighted by Gasteiger charge is 2.20. The zero-order valence-corrected chi connectivity index (χ0v) is 14.5. The predicted octanol–water partition coefficient (Wildman–Crippen LogP) is 2.29. The Morgan fingerprint density at radius 2 is 1.15 bits per heavy atom. The summed E-state index contributed by atoms with van der Waals surface area (Å²) in [4.78, 5) is 26.5. The lowest BCUT2D eigenvalue weighted by Crippen LogP contribution is -2.39. The van der Waals surface area contributed by atoms with Gasteiger partial charge in [-0.15, -0.1) is 0 Å². The maximum absolute atomic E-state index is 12.4. The fraction of sp³-hybridized carbons (Fsp3) is 0.263. The van der Waals surface area contributed by atoms with Crippen molar-refractivity contribution in [2.24, 2.45) is 0 Å². The molecule has 0 aliphatic rings. The quantitative estimate of drug-likeness (QED) is 0.442. The molecule has 7 heteroatoms. The lowest BCUT2D eigenvalue weighted by Gasteiger charge is -2.25. The zero-order valence-electron chi connectivity index (χ0n) is 14.5. The smallest absolute Gasteiger partial charge is 0.176 e. The molecular formula is C19H21NO6. The molecule has 4 N–H and O–H groups in total. The maximum Gasteiger partial charge on any atom is 0.176 e. The van der Waals surface area contributed by atoms with E-state index in [0.29, 0.717) is 0 Å². The third-order valence-corrected chi connectivity index (χ3v) is 4.02. The van der Waals surface area contributed by atoms with E-state index in [1.165, 1.54) is 36.4 Å². The summed E-state index contributed by atoms with van der Waals surface area (Å²) < 4.78 is 0. The molecule has 7 nitrogen and oxygen atoms in total. The molecule has 0 radical (unpaired) electrons. The van der Waals surface area contributed by atoms with Crippen LogP contribution in [0.5, 0.6) is 23.0 Å². The Bertz CT molecular complexity index is 765. The van der Waals surface area contributed by atoms with Gasteiger partial charge in [-0.25, -0.2) is 0 Å². The maximum atomic E-state index is 12.4. The molecule has 0 aliphatic heterocycles. The number of carbonyl (C=O) groups is 2. The van der Waals surface area contributed by atoms with E-state index in [0.717, 1.165) is 0 Å². The summed E-state index contributed by atoms with van der Waals surface area (Å²) in [5.74, 6) is -2.02. The molecule has 0 aliphatic carbocycles. The standard InChI is InChI=1S/C19H21NO6/c1-11(2)20(9-18(25)12-3-5-14(21)16(23)7-12)10-19(26)13-4-6-15(22)17(24)8-13/h3-8,11,21-24H,9-10H2,1-2H3. The van der Waals surface area contributed by atoms with Crippen LogP contribution in [0.3, 0.4) is 0 Å². The van der Waals surface area contributed by atoms with Gasteiger partial charge in [-0.05, 0) is 50.2 Å². The molecule has 0 saturated carbocycles. The zero-order chi connectivity index (χ0) is 19.4. The van der Waals surface area contributed by atoms with E-state index in [9.17, 15) is 30.0 Å². The van der Waals surface area contributed by atoms with Crippen molar-refractivity contribution in [3.8, 4) is 23.0 Å². The minimum atomic E-state index is -0.386. The number of Topliss-reactive ketones (excluding diaryl/α,β-unsaturated/α-hetero) is 2. The third kappa shape index (κ3) is 4.52. The van der Waals surface area contributed by atoms with Gasteiger partial charge in [0.05, 0.1) is 13.1 Å². The van der Waals surface area contributed by atoms with Crippen LogP contribution in [0.15, 0.2) is 36.4 Å². The average molecular weight is 359 g/mol. The lowest BCUT2D eigenvalue weighted by atomic mass is 10.1. The molecule has 2 aromatic carbocycles. The van der Waals surface area contributed by atoms with Crippen LogP contribution in [0, 0.1) is 0 Å². The summed E-state index contributed by atoms with van der Waals surface area (Å²) in [5, 5.41) is 37.7. The Hall–Kier alpha value is -3.06. The van der Waals surface area contributed by atoms with Gasteiger partial charge >= 0.3 is 0 Å². The van der Waals surface area contributed by atoms with Crippen LogP contribution in [0.25, 0.3) is 0 Å². The molecule has 0 fully saturated rings. The number of phenolic OH excluding ortho intramolecular Hbond substituents is 4. The average Bonchev–Trinajstić information content (AvgIpc) is 2.58. The summed E-state index contributed by atoms with van der Waals surface area (Å²) in [7, 11) is 0. The van der Waals surface area contributed by atoms with Crippen LogP contribution >= 0.6 is 0 Å². The van der Waals surface area contributed by atoms with Crippen LogP contribution in [-0.2, 0) is 0 Å². The molecular weight excluding hydrogens is 338 g/mol. The number of benzene rings is 2. The highest BCUT2D eigenvalue weighted by atomic mass is 16.3. The number of hydrogen-bond donors (Lipinski definition) is 4. The van der Waals surface area contributed by atoms with Crippen LogP contribution < -0.4 is 0 Å². The lowest BCUT2D eigenvalue weighted by molar-refractivity contribution is 0.0837. The second-order valence-corrected chi connectivity index (χ2v) is 6.25. The Kier molecular flexibility index (Phi) is 5.84. The predicted molar refractivity (Wildman–Crippen MR) is 94.9 cm³/mol. The molecule has 0 unspecified atom stereocenters. The largest absolute Gasteiger partial charge is 0.504 e. The Morgan fingerprint density at radius 3 is 1.46 bits per heavy atom. The Balaban J connectivity index is 2.12. The molecule has 0 amide bonds. The molecule has 138 valence electrons. The van der Waals surface area contributed by atoms with Crippen molar-refractivity contribution < 1.29 is 30.0 Å². The minimum absolute atomic E-state index is 0.0578. The van der Waals surface area contributed by atoms with Crippen LogP contribution in [-0.4, -0.2) is 56.0 Å². The summed E-state index contributed by atoms with van der Waals surface area (Å²) in [6, 6.07) is 7.50. The van der Waals surface area contributed by atoms with Gasteiger partial charge in [0.2, 0.25) is 0 Å². The topological polar surface area (TPSA) is 118 Å². The van der Waals surface area contributed by atoms with Crippen molar-refractivity contribution >= 4 is 11.6 Å². The second-order valence-electron chi connectivity index (χ2n) is 6.25. The van der Waals surface area contributed by atoms with Gasteiger partial charge in [0.25, 0.3) is 0 Å². The molecule has 0 aromatic heterocycles. The van der Waals surface area contributed by atoms with E-state index in [4.69, 9.17) is 0 Å². The summed E-state index contributed by atoms with van der Waals surface area (Å²) in [6.07, 6.45) is 0. The Morgan fingerprint density at radius 1 is 0.769 bits per heavy atom. The van der Waals surface area contributed by atoms with Crippen molar-refractivity contribution in [2.45, 2.75) is 19.9 Å². The van der Waals surface area contributed by atoms with Gasteiger partial charge in [-0.2, -0.15) is 0 Å². The highest BCUT2D eigenvalue weighted by Crippen LogP contribution is 2.26. The van der Waals surface area contributed by atoms with E-state index in [1.807, 2.05) is 13.8 Å². The van der Waals surface area contributed by atoms with Crippen molar-refractivity contribution in [2.75, 3.05) is 13.1 Å². The first-order valence-electron chi connectivity index (χ1n) is 8.03. The first kappa shape index (κ1) is 19.3. The molecule has 0 spiro atoms. The molecule has 0 heterocycles. The number of carbonyl (C=O) groups excluding carboxylic acids is 2. The number of phenols is 4. The Labute approximate surface area is 150 Å². The molecule has 2 aromatic rings. The van der Waals surface area contributed by atoms with E-state index >= 15 is 0 Å². The summed E-state index contributed by atoms with van der Waals surface area (Å²) in [5.41, 5.74) is 0.446. The van der Waals surface area contributed by atoms with Gasteiger partial charge < -0.3 is 20.4 Å². The number of ketones is 2. The van der Waals surface area contributed by atoms with Crippen molar-refractivity contribution in [3.63, 3.8) is 0 Å². The van der Waals surface area contributed by atoms with Gasteiger partial charge in [-0.1, -0.05) is 0 Å². The third-order valence-electron chi connectivity index (χ3n) is 4.02. The van der Waals surface area contributed by atoms with Crippen molar-refractivity contribution in [1.29, 1.82) is 0 Å². The fourth-order valence-electron chi connectivity index (χ4n) is 2.37. The molecule has 0 bridgehead atoms. The number of nitrogens with zero attached hydrogens (tertiary/aromatic N) is 1. The van der Waals surface area contributed by atoms with Crippen molar-refractivity contribution in [3.05, 3.63) is 47.5 Å². The van der Waals surface area contributed by atoms with Gasteiger partial charge in [-0.3, -0.25) is 14.5 Å². The molecule has 0 atom stereocenters. The normalized spacial score (nSPS) is 11.1. The molecule has 0 saturated heterocycles. The van der Waals surface area contributed by atoms with Crippen LogP contribution in [0.4, 0.5) is 0 Å². The SMILES string of the molecule is CC(C)N(CC(=O)c1ccc(O)c(O)c1)CC(=O)c1ccc(O)c(O)c1. The summed E-state index contributed by atoms with van der Waals surface area (Å²) in [6.45, 7) is 3.56. The van der Waals surface area contributed by atoms with Crippen LogP contribution in [0.2, 0.25) is 0 Å². The van der Waals surface area contributed by atoms with E-state index < -0.39 is 0 Å². The fourth-order valence-corrected chi connectivity index (χ4v) is 2.37. The van der Waals surface area contributed by atoms with Gasteiger partial charge in [0.1, 0.15) is 0 Å². The summed E-state index contributed by atoms with van der Waals surface area (Å²) >= 11 is 0. The minimum Gasteiger partial charge on any atom is -0.504 e. The van der Waals surface area contributed by atoms with E-state index in [2.05, 4.69) is 0 Å². The van der Waals surface area contributed by atoms with Crippen LogP contribution in [0.1, 0.15) is 34.6 Å². The van der Waals surface area contributed by atoms with Gasteiger partial charge in [0, 0.05) is 17.2 Å². The first-order chi connectivity index (χ1) is 12.2. The molecule has 2 rings (SSSR count). The van der Waals surface area contributed by atoms with Gasteiger partial charge in [0.15, 0.2) is 34.6 Å². The highest BCUT2D eigenvalue weighted by molar-refractivity contribution is 6.00.